The Balaban J connectivity index is 2.18. The Morgan fingerprint density at radius 2 is 2.24 bits per heavy atom. The molecule has 0 bridgehead atoms. The molecule has 0 spiro atoms. The van der Waals surface area contributed by atoms with Crippen LogP contribution in [0.1, 0.15) is 38.9 Å². The summed E-state index contributed by atoms with van der Waals surface area (Å²) in [6.45, 7) is 5.30. The molecule has 1 heterocycles. The van der Waals surface area contributed by atoms with Gasteiger partial charge >= 0.3 is 0 Å². The van der Waals surface area contributed by atoms with Crippen molar-refractivity contribution in [1.82, 2.24) is 14.8 Å². The smallest absolute Gasteiger partial charge is 0.195 e. The van der Waals surface area contributed by atoms with Crippen LogP contribution in [0.15, 0.2) is 0 Å². The Bertz CT molecular complexity index is 426. The number of ether oxygens (including phenoxy) is 1. The van der Waals surface area contributed by atoms with E-state index in [-0.39, 0.29) is 5.60 Å². The number of aromatic amines is 1. The second kappa shape index (κ2) is 4.90. The van der Waals surface area contributed by atoms with Crippen LogP contribution < -0.4 is 0 Å². The number of hydrogen-bond donors (Lipinski definition) is 1. The first-order valence-electron chi connectivity index (χ1n) is 6.25. The average molecular weight is 255 g/mol. The molecule has 2 rings (SSSR count). The Morgan fingerprint density at radius 3 is 2.71 bits per heavy atom. The normalized spacial score (nSPS) is 18.4. The molecule has 1 saturated carbocycles. The van der Waals surface area contributed by atoms with Crippen molar-refractivity contribution in [3.63, 3.8) is 0 Å². The molecule has 1 aromatic heterocycles. The van der Waals surface area contributed by atoms with Crippen LogP contribution in [-0.4, -0.2) is 27.5 Å². The quantitative estimate of drug-likeness (QED) is 0.823. The van der Waals surface area contributed by atoms with E-state index in [9.17, 15) is 0 Å². The molecule has 17 heavy (non-hydrogen) atoms. The molecule has 96 valence electrons. The first-order chi connectivity index (χ1) is 8.06. The van der Waals surface area contributed by atoms with E-state index in [2.05, 4.69) is 28.6 Å². The molecular weight excluding hydrogens is 234 g/mol. The monoisotopic (exact) mass is 255 g/mol. The van der Waals surface area contributed by atoms with Gasteiger partial charge in [0.15, 0.2) is 4.77 Å². The van der Waals surface area contributed by atoms with Gasteiger partial charge in [-0.1, -0.05) is 13.8 Å². The number of methoxy groups -OCH3 is 1. The summed E-state index contributed by atoms with van der Waals surface area (Å²) in [6, 6.07) is 0. The Labute approximate surface area is 107 Å². The van der Waals surface area contributed by atoms with Gasteiger partial charge in [0.2, 0.25) is 0 Å². The second-order valence-electron chi connectivity index (χ2n) is 5.37. The Hall–Kier alpha value is -0.680. The van der Waals surface area contributed by atoms with Crippen molar-refractivity contribution >= 4 is 12.2 Å². The number of aromatic nitrogens is 3. The van der Waals surface area contributed by atoms with Crippen molar-refractivity contribution in [3.8, 4) is 0 Å². The van der Waals surface area contributed by atoms with Crippen molar-refractivity contribution in [2.75, 3.05) is 7.11 Å². The molecule has 1 aliphatic rings. The highest BCUT2D eigenvalue weighted by Crippen LogP contribution is 2.37. The van der Waals surface area contributed by atoms with Crippen molar-refractivity contribution in [2.45, 2.75) is 51.7 Å². The zero-order chi connectivity index (χ0) is 12.5. The van der Waals surface area contributed by atoms with E-state index in [0.717, 1.165) is 36.4 Å². The van der Waals surface area contributed by atoms with Crippen LogP contribution in [0.2, 0.25) is 0 Å². The zero-order valence-electron chi connectivity index (χ0n) is 10.8. The van der Waals surface area contributed by atoms with E-state index >= 15 is 0 Å². The van der Waals surface area contributed by atoms with E-state index in [1.165, 1.54) is 6.42 Å². The maximum atomic E-state index is 5.65. The molecule has 0 amide bonds. The summed E-state index contributed by atoms with van der Waals surface area (Å²) in [5.74, 6) is 1.60. The van der Waals surface area contributed by atoms with Crippen molar-refractivity contribution in [3.05, 3.63) is 10.6 Å². The highest BCUT2D eigenvalue weighted by atomic mass is 32.1. The molecular formula is C12H21N3OS. The van der Waals surface area contributed by atoms with Gasteiger partial charge in [0.05, 0.1) is 5.60 Å². The van der Waals surface area contributed by atoms with Crippen LogP contribution in [0.5, 0.6) is 0 Å². The van der Waals surface area contributed by atoms with Crippen LogP contribution in [0.25, 0.3) is 0 Å². The number of H-pyrrole nitrogens is 1. The molecule has 0 unspecified atom stereocenters. The number of rotatable bonds is 5. The summed E-state index contributed by atoms with van der Waals surface area (Å²) in [5, 5.41) is 7.25. The fraction of sp³-hybridized carbons (Fsp3) is 0.833. The van der Waals surface area contributed by atoms with Crippen LogP contribution in [0.4, 0.5) is 0 Å². The Kier molecular flexibility index (Phi) is 3.68. The van der Waals surface area contributed by atoms with Gasteiger partial charge in [-0.05, 0) is 37.4 Å². The average Bonchev–Trinajstić information content (AvgIpc) is 2.54. The third kappa shape index (κ3) is 2.60. The minimum atomic E-state index is 0.00962. The van der Waals surface area contributed by atoms with Gasteiger partial charge in [-0.3, -0.25) is 5.10 Å². The van der Waals surface area contributed by atoms with Gasteiger partial charge < -0.3 is 9.30 Å². The van der Waals surface area contributed by atoms with E-state index in [1.54, 1.807) is 7.11 Å². The molecule has 4 nitrogen and oxygen atoms in total. The molecule has 0 saturated heterocycles. The van der Waals surface area contributed by atoms with Crippen LogP contribution in [0, 0.1) is 10.7 Å². The van der Waals surface area contributed by atoms with Gasteiger partial charge in [0.1, 0.15) is 5.82 Å². The molecule has 0 atom stereocenters. The van der Waals surface area contributed by atoms with E-state index in [1.807, 2.05) is 0 Å². The first-order valence-corrected chi connectivity index (χ1v) is 6.66. The maximum Gasteiger partial charge on any atom is 0.195 e. The second-order valence-corrected chi connectivity index (χ2v) is 5.75. The summed E-state index contributed by atoms with van der Waals surface area (Å²) in [6.07, 6.45) is 4.38. The molecule has 1 aliphatic carbocycles. The van der Waals surface area contributed by atoms with E-state index in [0.29, 0.717) is 5.92 Å². The SMILES string of the molecule is COC1(Cc2n[nH]c(=S)n2CC(C)C)CCC1. The fourth-order valence-electron chi connectivity index (χ4n) is 2.35. The number of hydrogen-bond acceptors (Lipinski definition) is 3. The van der Waals surface area contributed by atoms with Crippen LogP contribution in [0.3, 0.4) is 0 Å². The zero-order valence-corrected chi connectivity index (χ0v) is 11.6. The lowest BCUT2D eigenvalue weighted by atomic mass is 9.77. The maximum absolute atomic E-state index is 5.65. The van der Waals surface area contributed by atoms with Gasteiger partial charge in [-0.15, -0.1) is 0 Å². The minimum Gasteiger partial charge on any atom is -0.378 e. The van der Waals surface area contributed by atoms with Gasteiger partial charge in [-0.2, -0.15) is 5.10 Å². The lowest BCUT2D eigenvalue weighted by molar-refractivity contribution is -0.0727. The van der Waals surface area contributed by atoms with E-state index in [4.69, 9.17) is 17.0 Å². The lowest BCUT2D eigenvalue weighted by Crippen LogP contribution is -2.42. The summed E-state index contributed by atoms with van der Waals surface area (Å²) in [7, 11) is 1.80. The molecule has 0 radical (unpaired) electrons. The first kappa shape index (κ1) is 12.8. The van der Waals surface area contributed by atoms with Crippen molar-refractivity contribution in [2.24, 2.45) is 5.92 Å². The third-order valence-corrected chi connectivity index (χ3v) is 3.87. The summed E-state index contributed by atoms with van der Waals surface area (Å²) in [4.78, 5) is 0. The largest absolute Gasteiger partial charge is 0.378 e. The van der Waals surface area contributed by atoms with Gasteiger partial charge in [0.25, 0.3) is 0 Å². The van der Waals surface area contributed by atoms with Crippen molar-refractivity contribution < 1.29 is 4.74 Å². The predicted molar refractivity (Wildman–Crippen MR) is 69.5 cm³/mol. The molecule has 0 aliphatic heterocycles. The Morgan fingerprint density at radius 1 is 1.53 bits per heavy atom. The highest BCUT2D eigenvalue weighted by Gasteiger charge is 2.38. The van der Waals surface area contributed by atoms with Crippen LogP contribution >= 0.6 is 12.2 Å². The summed E-state index contributed by atoms with van der Waals surface area (Å²) < 4.78 is 8.48. The lowest BCUT2D eigenvalue weighted by Gasteiger charge is -2.40. The van der Waals surface area contributed by atoms with Gasteiger partial charge in [0, 0.05) is 20.1 Å². The third-order valence-electron chi connectivity index (χ3n) is 3.56. The summed E-state index contributed by atoms with van der Waals surface area (Å²) in [5.41, 5.74) is 0.00962. The molecule has 1 aromatic rings. The van der Waals surface area contributed by atoms with Crippen LogP contribution in [-0.2, 0) is 17.7 Å². The highest BCUT2D eigenvalue weighted by molar-refractivity contribution is 7.71. The topological polar surface area (TPSA) is 42.8 Å². The predicted octanol–water partition coefficient (Wildman–Crippen LogP) is 2.71. The molecule has 5 heteroatoms. The standard InChI is InChI=1S/C12H21N3OS/c1-9(2)8-15-10(13-14-11(15)17)7-12(16-3)5-4-6-12/h9H,4-8H2,1-3H3,(H,14,17). The van der Waals surface area contributed by atoms with Crippen molar-refractivity contribution in [1.29, 1.82) is 0 Å². The number of nitrogens with zero attached hydrogens (tertiary/aromatic N) is 2. The molecule has 1 fully saturated rings. The fourth-order valence-corrected chi connectivity index (χ4v) is 2.58. The van der Waals surface area contributed by atoms with Gasteiger partial charge in [-0.25, -0.2) is 0 Å². The molecule has 1 N–H and O–H groups in total. The summed E-state index contributed by atoms with van der Waals surface area (Å²) >= 11 is 5.28. The number of nitrogens with one attached hydrogen (secondary N) is 1. The van der Waals surface area contributed by atoms with E-state index < -0.39 is 0 Å². The minimum absolute atomic E-state index is 0.00962. The molecule has 0 aromatic carbocycles.